The lowest BCUT2D eigenvalue weighted by atomic mass is 9.71. The Morgan fingerprint density at radius 1 is 1.07 bits per heavy atom. The summed E-state index contributed by atoms with van der Waals surface area (Å²) in [6, 6.07) is 0. The molecule has 2 aliphatic heterocycles. The Morgan fingerprint density at radius 2 is 1.78 bits per heavy atom. The van der Waals surface area contributed by atoms with Gasteiger partial charge in [0.05, 0.1) is 12.6 Å². The third-order valence-corrected chi connectivity index (χ3v) is 7.26. The van der Waals surface area contributed by atoms with Gasteiger partial charge in [0.1, 0.15) is 0 Å². The molecule has 3 rings (SSSR count). The van der Waals surface area contributed by atoms with Crippen LogP contribution in [-0.2, 0) is 9.59 Å². The minimum absolute atomic E-state index is 0.0881. The van der Waals surface area contributed by atoms with E-state index >= 15 is 0 Å². The Bertz CT molecular complexity index is 533. The van der Waals surface area contributed by atoms with Crippen LogP contribution in [0.4, 0.5) is 0 Å². The summed E-state index contributed by atoms with van der Waals surface area (Å²) in [7, 11) is 1.78. The first-order valence-corrected chi connectivity index (χ1v) is 10.9. The van der Waals surface area contributed by atoms with Crippen molar-refractivity contribution in [2.24, 2.45) is 17.3 Å². The van der Waals surface area contributed by atoms with Gasteiger partial charge in [-0.3, -0.25) is 9.59 Å². The predicted octanol–water partition coefficient (Wildman–Crippen LogP) is 1.62. The maximum absolute atomic E-state index is 13.2. The highest BCUT2D eigenvalue weighted by atomic mass is 16.3. The molecule has 0 bridgehead atoms. The highest BCUT2D eigenvalue weighted by molar-refractivity contribution is 5.79. The number of hydrogen-bond donors (Lipinski definition) is 2. The molecule has 0 aromatic carbocycles. The average Bonchev–Trinajstić information content (AvgIpc) is 2.70. The highest BCUT2D eigenvalue weighted by Gasteiger charge is 2.47. The van der Waals surface area contributed by atoms with E-state index in [1.807, 2.05) is 9.80 Å². The molecule has 2 atom stereocenters. The number of rotatable bonds is 4. The summed E-state index contributed by atoms with van der Waals surface area (Å²) in [5.41, 5.74) is -0.351. The number of amides is 2. The third-order valence-electron chi connectivity index (χ3n) is 7.26. The maximum atomic E-state index is 13.2. The summed E-state index contributed by atoms with van der Waals surface area (Å²) in [5, 5.41) is 13.7. The number of nitrogens with one attached hydrogen (secondary N) is 1. The van der Waals surface area contributed by atoms with Crippen LogP contribution in [0.2, 0.25) is 0 Å². The monoisotopic (exact) mass is 379 g/mol. The summed E-state index contributed by atoms with van der Waals surface area (Å²) in [4.78, 5) is 29.4. The van der Waals surface area contributed by atoms with Gasteiger partial charge in [-0.25, -0.2) is 0 Å². The van der Waals surface area contributed by atoms with Crippen molar-refractivity contribution in [1.29, 1.82) is 0 Å². The van der Waals surface area contributed by atoms with Crippen molar-refractivity contribution in [1.82, 2.24) is 15.1 Å². The van der Waals surface area contributed by atoms with Crippen LogP contribution in [0.1, 0.15) is 58.3 Å². The van der Waals surface area contributed by atoms with Gasteiger partial charge in [0.15, 0.2) is 0 Å². The van der Waals surface area contributed by atoms with Gasteiger partial charge < -0.3 is 20.2 Å². The number of nitrogens with zero attached hydrogens (tertiary/aromatic N) is 2. The van der Waals surface area contributed by atoms with Gasteiger partial charge in [-0.1, -0.05) is 13.3 Å². The molecule has 2 saturated heterocycles. The van der Waals surface area contributed by atoms with Gasteiger partial charge in [-0.15, -0.1) is 0 Å². The Labute approximate surface area is 163 Å². The van der Waals surface area contributed by atoms with E-state index in [1.165, 1.54) is 19.3 Å². The number of piperidine rings is 2. The van der Waals surface area contributed by atoms with Crippen LogP contribution in [0.5, 0.6) is 0 Å². The summed E-state index contributed by atoms with van der Waals surface area (Å²) in [6.07, 6.45) is 7.57. The van der Waals surface area contributed by atoms with E-state index in [-0.39, 0.29) is 23.1 Å². The number of hydrogen-bond acceptors (Lipinski definition) is 4. The van der Waals surface area contributed by atoms with Crippen LogP contribution in [0.15, 0.2) is 0 Å². The standard InChI is InChI=1S/C21H37N3O3/c1-3-16-5-7-17(8-6-16)20(27)24-11-4-10-21(15-24)14-23(12-9-18(21)25)19(26)13-22-2/h16-18,22,25H,3-15H2,1-2H3/t16?,17?,18-,21-/m1/s1. The molecule has 1 spiro atoms. The van der Waals surface area contributed by atoms with E-state index < -0.39 is 6.10 Å². The second-order valence-electron chi connectivity index (χ2n) is 9.00. The van der Waals surface area contributed by atoms with Gasteiger partial charge in [0.2, 0.25) is 11.8 Å². The van der Waals surface area contributed by atoms with Gasteiger partial charge in [0, 0.05) is 37.5 Å². The van der Waals surface area contributed by atoms with E-state index in [0.717, 1.165) is 38.1 Å². The maximum Gasteiger partial charge on any atom is 0.236 e. The Kier molecular flexibility index (Phi) is 6.79. The molecule has 1 aliphatic carbocycles. The van der Waals surface area contributed by atoms with Crippen molar-refractivity contribution in [2.75, 3.05) is 39.8 Å². The zero-order valence-electron chi connectivity index (χ0n) is 17.1. The second kappa shape index (κ2) is 8.91. The summed E-state index contributed by atoms with van der Waals surface area (Å²) in [6.45, 7) is 5.15. The largest absolute Gasteiger partial charge is 0.392 e. The van der Waals surface area contributed by atoms with Crippen LogP contribution in [-0.4, -0.2) is 72.6 Å². The number of carbonyl (C=O) groups is 2. The molecule has 1 saturated carbocycles. The van der Waals surface area contributed by atoms with E-state index in [2.05, 4.69) is 12.2 Å². The molecule has 0 radical (unpaired) electrons. The molecule has 2 amide bonds. The molecule has 3 fully saturated rings. The molecule has 27 heavy (non-hydrogen) atoms. The summed E-state index contributed by atoms with van der Waals surface area (Å²) < 4.78 is 0. The molecule has 3 aliphatic rings. The molecule has 6 heteroatoms. The zero-order valence-corrected chi connectivity index (χ0v) is 17.1. The van der Waals surface area contributed by atoms with Crippen LogP contribution >= 0.6 is 0 Å². The molecule has 0 unspecified atom stereocenters. The number of likely N-dealkylation sites (N-methyl/N-ethyl adjacent to an activating group) is 1. The molecule has 2 heterocycles. The van der Waals surface area contributed by atoms with E-state index in [1.54, 1.807) is 7.05 Å². The molecule has 0 aromatic heterocycles. The smallest absolute Gasteiger partial charge is 0.236 e. The molecule has 6 nitrogen and oxygen atoms in total. The fourth-order valence-electron chi connectivity index (χ4n) is 5.45. The number of carbonyl (C=O) groups excluding carboxylic acids is 2. The first-order chi connectivity index (χ1) is 13.0. The zero-order chi connectivity index (χ0) is 19.4. The lowest BCUT2D eigenvalue weighted by Crippen LogP contribution is -2.61. The fraction of sp³-hybridized carbons (Fsp3) is 0.905. The fourth-order valence-corrected chi connectivity index (χ4v) is 5.45. The van der Waals surface area contributed by atoms with E-state index in [9.17, 15) is 14.7 Å². The van der Waals surface area contributed by atoms with Crippen LogP contribution in [0.3, 0.4) is 0 Å². The minimum atomic E-state index is -0.428. The predicted molar refractivity (Wildman–Crippen MR) is 105 cm³/mol. The molecule has 154 valence electrons. The van der Waals surface area contributed by atoms with E-state index in [4.69, 9.17) is 0 Å². The molecular formula is C21H37N3O3. The first-order valence-electron chi connectivity index (χ1n) is 10.9. The quantitative estimate of drug-likeness (QED) is 0.779. The van der Waals surface area contributed by atoms with Crippen molar-refractivity contribution in [3.05, 3.63) is 0 Å². The topological polar surface area (TPSA) is 72.9 Å². The molecule has 0 aromatic rings. The third kappa shape index (κ3) is 4.48. The van der Waals surface area contributed by atoms with Gasteiger partial charge in [-0.2, -0.15) is 0 Å². The Balaban J connectivity index is 1.65. The van der Waals surface area contributed by atoms with Crippen molar-refractivity contribution >= 4 is 11.8 Å². The van der Waals surface area contributed by atoms with Gasteiger partial charge in [0.25, 0.3) is 0 Å². The Morgan fingerprint density at radius 3 is 2.44 bits per heavy atom. The highest BCUT2D eigenvalue weighted by Crippen LogP contribution is 2.40. The average molecular weight is 380 g/mol. The van der Waals surface area contributed by atoms with Crippen molar-refractivity contribution in [2.45, 2.75) is 64.4 Å². The first kappa shape index (κ1) is 20.6. The van der Waals surface area contributed by atoms with Gasteiger partial charge in [-0.05, 0) is 57.9 Å². The lowest BCUT2D eigenvalue weighted by molar-refractivity contribution is -0.151. The van der Waals surface area contributed by atoms with Crippen molar-refractivity contribution in [3.8, 4) is 0 Å². The normalized spacial score (nSPS) is 34.7. The van der Waals surface area contributed by atoms with Crippen LogP contribution < -0.4 is 5.32 Å². The summed E-state index contributed by atoms with van der Waals surface area (Å²) in [5.74, 6) is 1.32. The Hall–Kier alpha value is -1.14. The summed E-state index contributed by atoms with van der Waals surface area (Å²) >= 11 is 0. The second-order valence-corrected chi connectivity index (χ2v) is 9.00. The number of aliphatic hydroxyl groups is 1. The minimum Gasteiger partial charge on any atom is -0.392 e. The number of likely N-dealkylation sites (tertiary alicyclic amines) is 2. The number of aliphatic hydroxyl groups excluding tert-OH is 1. The molecular weight excluding hydrogens is 342 g/mol. The van der Waals surface area contributed by atoms with Crippen molar-refractivity contribution in [3.63, 3.8) is 0 Å². The molecule has 2 N–H and O–H groups in total. The lowest BCUT2D eigenvalue weighted by Gasteiger charge is -2.51. The SMILES string of the molecule is CCC1CCC(C(=O)N2CCC[C@@]3(CN(C(=O)CNC)CC[C@H]3O)C2)CC1. The van der Waals surface area contributed by atoms with Crippen LogP contribution in [0, 0.1) is 17.3 Å². The van der Waals surface area contributed by atoms with E-state index in [0.29, 0.717) is 32.6 Å². The van der Waals surface area contributed by atoms with Gasteiger partial charge >= 0.3 is 0 Å². The van der Waals surface area contributed by atoms with Crippen molar-refractivity contribution < 1.29 is 14.7 Å². The van der Waals surface area contributed by atoms with Crippen LogP contribution in [0.25, 0.3) is 0 Å².